The van der Waals surface area contributed by atoms with Gasteiger partial charge in [0.15, 0.2) is 0 Å². The molecule has 0 atom stereocenters. The van der Waals surface area contributed by atoms with Gasteiger partial charge >= 0.3 is 0 Å². The normalized spacial score (nSPS) is 10.7. The smallest absolute Gasteiger partial charge is 0.123 e. The van der Waals surface area contributed by atoms with E-state index in [1.807, 2.05) is 43.3 Å². The molecule has 0 fully saturated rings. The van der Waals surface area contributed by atoms with Crippen LogP contribution in [0.25, 0.3) is 22.3 Å². The van der Waals surface area contributed by atoms with Gasteiger partial charge in [0.05, 0.1) is 0 Å². The maximum Gasteiger partial charge on any atom is 0.123 e. The first kappa shape index (κ1) is 14.4. The van der Waals surface area contributed by atoms with Crippen LogP contribution in [0, 0.1) is 20.8 Å². The summed E-state index contributed by atoms with van der Waals surface area (Å²) in [6, 6.07) is 20.4. The molecule has 3 aromatic carbocycles. The van der Waals surface area contributed by atoms with Crippen molar-refractivity contribution in [1.82, 2.24) is 0 Å². The molecule has 0 aliphatic heterocycles. The fourth-order valence-corrected chi connectivity index (χ4v) is 2.97. The SMILES string of the molecule is Cc1cc(O)c(-c2ccccc2-c2ccccc2)c(C)c1C. The Bertz CT molecular complexity index is 817. The molecule has 0 heterocycles. The number of benzene rings is 3. The summed E-state index contributed by atoms with van der Waals surface area (Å²) >= 11 is 0. The molecule has 0 unspecified atom stereocenters. The molecule has 0 aliphatic rings. The largest absolute Gasteiger partial charge is 0.507 e. The van der Waals surface area contributed by atoms with Crippen LogP contribution in [0.5, 0.6) is 5.75 Å². The summed E-state index contributed by atoms with van der Waals surface area (Å²) in [6.45, 7) is 6.23. The van der Waals surface area contributed by atoms with Crippen LogP contribution < -0.4 is 0 Å². The molecule has 1 heteroatoms. The van der Waals surface area contributed by atoms with Gasteiger partial charge in [-0.1, -0.05) is 54.6 Å². The third-order valence-electron chi connectivity index (χ3n) is 4.42. The minimum absolute atomic E-state index is 0.351. The Morgan fingerprint density at radius 3 is 1.95 bits per heavy atom. The maximum atomic E-state index is 10.5. The number of rotatable bonds is 2. The van der Waals surface area contributed by atoms with Crippen LogP contribution in [0.4, 0.5) is 0 Å². The van der Waals surface area contributed by atoms with E-state index in [4.69, 9.17) is 0 Å². The lowest BCUT2D eigenvalue weighted by molar-refractivity contribution is 0.476. The summed E-state index contributed by atoms with van der Waals surface area (Å²) in [6.07, 6.45) is 0. The highest BCUT2D eigenvalue weighted by atomic mass is 16.3. The van der Waals surface area contributed by atoms with E-state index in [9.17, 15) is 5.11 Å². The van der Waals surface area contributed by atoms with Gasteiger partial charge in [-0.25, -0.2) is 0 Å². The second kappa shape index (κ2) is 5.69. The van der Waals surface area contributed by atoms with E-state index < -0.39 is 0 Å². The molecule has 0 saturated carbocycles. The zero-order valence-electron chi connectivity index (χ0n) is 13.2. The van der Waals surface area contributed by atoms with Crippen molar-refractivity contribution in [2.45, 2.75) is 20.8 Å². The Morgan fingerprint density at radius 1 is 0.682 bits per heavy atom. The molecule has 0 radical (unpaired) electrons. The molecule has 0 saturated heterocycles. The van der Waals surface area contributed by atoms with Crippen LogP contribution >= 0.6 is 0 Å². The van der Waals surface area contributed by atoms with Gasteiger partial charge in [-0.3, -0.25) is 0 Å². The second-order valence-corrected chi connectivity index (χ2v) is 5.75. The van der Waals surface area contributed by atoms with E-state index in [0.717, 1.165) is 33.4 Å². The van der Waals surface area contributed by atoms with Crippen LogP contribution in [0.3, 0.4) is 0 Å². The number of phenolic OH excluding ortho intramolecular Hbond substituents is 1. The van der Waals surface area contributed by atoms with E-state index in [-0.39, 0.29) is 0 Å². The highest BCUT2D eigenvalue weighted by Crippen LogP contribution is 2.40. The van der Waals surface area contributed by atoms with Gasteiger partial charge in [0.1, 0.15) is 5.75 Å². The van der Waals surface area contributed by atoms with Crippen molar-refractivity contribution < 1.29 is 5.11 Å². The summed E-state index contributed by atoms with van der Waals surface area (Å²) in [5.74, 6) is 0.351. The number of phenols is 1. The molecule has 3 rings (SSSR count). The molecule has 3 aromatic rings. The molecular weight excluding hydrogens is 268 g/mol. The van der Waals surface area contributed by atoms with Crippen molar-refractivity contribution in [3.63, 3.8) is 0 Å². The molecule has 0 bridgehead atoms. The van der Waals surface area contributed by atoms with E-state index >= 15 is 0 Å². The average Bonchev–Trinajstić information content (AvgIpc) is 2.54. The zero-order chi connectivity index (χ0) is 15.7. The first-order valence-corrected chi connectivity index (χ1v) is 7.54. The Labute approximate surface area is 131 Å². The number of hydrogen-bond acceptors (Lipinski definition) is 1. The highest BCUT2D eigenvalue weighted by Gasteiger charge is 2.15. The number of hydrogen-bond donors (Lipinski definition) is 1. The first-order valence-electron chi connectivity index (χ1n) is 7.54. The van der Waals surface area contributed by atoms with Crippen molar-refractivity contribution in [2.75, 3.05) is 0 Å². The molecule has 0 aliphatic carbocycles. The molecular formula is C21H20O. The Hall–Kier alpha value is -2.54. The van der Waals surface area contributed by atoms with Gasteiger partial charge < -0.3 is 5.11 Å². The van der Waals surface area contributed by atoms with Gasteiger partial charge in [0.25, 0.3) is 0 Å². The van der Waals surface area contributed by atoms with Crippen molar-refractivity contribution in [2.24, 2.45) is 0 Å². The van der Waals surface area contributed by atoms with Crippen molar-refractivity contribution in [1.29, 1.82) is 0 Å². The van der Waals surface area contributed by atoms with E-state index in [1.54, 1.807) is 0 Å². The topological polar surface area (TPSA) is 20.2 Å². The average molecular weight is 288 g/mol. The van der Waals surface area contributed by atoms with E-state index in [1.165, 1.54) is 5.56 Å². The minimum atomic E-state index is 0.351. The Morgan fingerprint density at radius 2 is 1.27 bits per heavy atom. The lowest BCUT2D eigenvalue weighted by Gasteiger charge is -2.17. The summed E-state index contributed by atoms with van der Waals surface area (Å²) in [4.78, 5) is 0. The van der Waals surface area contributed by atoms with E-state index in [2.05, 4.69) is 38.1 Å². The maximum absolute atomic E-state index is 10.5. The van der Waals surface area contributed by atoms with Crippen molar-refractivity contribution >= 4 is 0 Å². The molecule has 1 N–H and O–H groups in total. The third kappa shape index (κ3) is 2.39. The molecule has 22 heavy (non-hydrogen) atoms. The van der Waals surface area contributed by atoms with Gasteiger partial charge in [-0.05, 0) is 60.2 Å². The van der Waals surface area contributed by atoms with Crippen molar-refractivity contribution in [3.05, 3.63) is 77.4 Å². The third-order valence-corrected chi connectivity index (χ3v) is 4.42. The second-order valence-electron chi connectivity index (χ2n) is 5.75. The summed E-state index contributed by atoms with van der Waals surface area (Å²) < 4.78 is 0. The van der Waals surface area contributed by atoms with Gasteiger partial charge in [-0.2, -0.15) is 0 Å². The van der Waals surface area contributed by atoms with Crippen LogP contribution in [-0.4, -0.2) is 5.11 Å². The first-order chi connectivity index (χ1) is 10.6. The lowest BCUT2D eigenvalue weighted by atomic mass is 9.88. The van der Waals surface area contributed by atoms with Crippen LogP contribution in [0.15, 0.2) is 60.7 Å². The fourth-order valence-electron chi connectivity index (χ4n) is 2.97. The van der Waals surface area contributed by atoms with Crippen LogP contribution in [0.2, 0.25) is 0 Å². The molecule has 0 aromatic heterocycles. The number of aromatic hydroxyl groups is 1. The molecule has 110 valence electrons. The number of aryl methyl sites for hydroxylation is 1. The van der Waals surface area contributed by atoms with Gasteiger partial charge in [-0.15, -0.1) is 0 Å². The zero-order valence-corrected chi connectivity index (χ0v) is 13.2. The van der Waals surface area contributed by atoms with Crippen LogP contribution in [0.1, 0.15) is 16.7 Å². The lowest BCUT2D eigenvalue weighted by Crippen LogP contribution is -1.94. The van der Waals surface area contributed by atoms with Crippen LogP contribution in [-0.2, 0) is 0 Å². The summed E-state index contributed by atoms with van der Waals surface area (Å²) in [5.41, 5.74) is 7.81. The predicted molar refractivity (Wildman–Crippen MR) is 93.2 cm³/mol. The quantitative estimate of drug-likeness (QED) is 0.646. The molecule has 0 spiro atoms. The minimum Gasteiger partial charge on any atom is -0.507 e. The van der Waals surface area contributed by atoms with E-state index in [0.29, 0.717) is 5.75 Å². The predicted octanol–water partition coefficient (Wildman–Crippen LogP) is 5.65. The molecule has 1 nitrogen and oxygen atoms in total. The molecule has 0 amide bonds. The van der Waals surface area contributed by atoms with Crippen molar-refractivity contribution in [3.8, 4) is 28.0 Å². The fraction of sp³-hybridized carbons (Fsp3) is 0.143. The summed E-state index contributed by atoms with van der Waals surface area (Å²) in [7, 11) is 0. The monoisotopic (exact) mass is 288 g/mol. The van der Waals surface area contributed by atoms with Gasteiger partial charge in [0.2, 0.25) is 0 Å². The standard InChI is InChI=1S/C21H20O/c1-14-13-20(22)21(16(3)15(14)2)19-12-8-7-11-18(19)17-9-5-4-6-10-17/h4-13,22H,1-3H3. The van der Waals surface area contributed by atoms with Gasteiger partial charge in [0, 0.05) is 5.56 Å². The summed E-state index contributed by atoms with van der Waals surface area (Å²) in [5, 5.41) is 10.5. The Balaban J connectivity index is 2.30. The highest BCUT2D eigenvalue weighted by molar-refractivity contribution is 5.88. The Kier molecular flexibility index (Phi) is 3.72.